The van der Waals surface area contributed by atoms with E-state index in [1.807, 2.05) is 0 Å². The number of nitro benzene ring substituents is 1. The summed E-state index contributed by atoms with van der Waals surface area (Å²) >= 11 is 3.28. The van der Waals surface area contributed by atoms with E-state index in [0.717, 1.165) is 19.3 Å². The Morgan fingerprint density at radius 3 is 2.75 bits per heavy atom. The molecule has 1 aromatic carbocycles. The Morgan fingerprint density at radius 2 is 2.20 bits per heavy atom. The number of non-ortho nitro benzene ring substituents is 1. The van der Waals surface area contributed by atoms with E-state index in [0.29, 0.717) is 21.8 Å². The van der Waals surface area contributed by atoms with E-state index < -0.39 is 10.5 Å². The fraction of sp³-hybridized carbons (Fsp3) is 0.333. The fourth-order valence-corrected chi connectivity index (χ4v) is 2.64. The van der Waals surface area contributed by atoms with Gasteiger partial charge in [0.2, 0.25) is 0 Å². The van der Waals surface area contributed by atoms with Gasteiger partial charge in [0, 0.05) is 16.6 Å². The summed E-state index contributed by atoms with van der Waals surface area (Å²) in [6.07, 6.45) is 2.74. The van der Waals surface area contributed by atoms with Gasteiger partial charge >= 0.3 is 0 Å². The number of aromatic nitrogens is 2. The molecule has 0 atom stereocenters. The molecule has 2 aromatic rings. The van der Waals surface area contributed by atoms with Crippen molar-refractivity contribution in [3.8, 4) is 11.5 Å². The molecule has 1 aliphatic rings. The van der Waals surface area contributed by atoms with E-state index in [1.54, 1.807) is 6.07 Å². The van der Waals surface area contributed by atoms with Crippen LogP contribution in [0.4, 0.5) is 5.69 Å². The van der Waals surface area contributed by atoms with Gasteiger partial charge in [-0.1, -0.05) is 5.16 Å². The molecule has 1 heterocycles. The van der Waals surface area contributed by atoms with Crippen molar-refractivity contribution < 1.29 is 9.45 Å². The van der Waals surface area contributed by atoms with Gasteiger partial charge in [-0.2, -0.15) is 4.98 Å². The molecule has 0 saturated heterocycles. The van der Waals surface area contributed by atoms with Crippen molar-refractivity contribution in [1.82, 2.24) is 10.1 Å². The molecule has 1 aromatic heterocycles. The van der Waals surface area contributed by atoms with Gasteiger partial charge in [0.15, 0.2) is 5.82 Å². The van der Waals surface area contributed by atoms with Crippen LogP contribution in [0.2, 0.25) is 0 Å². The molecule has 0 aliphatic heterocycles. The van der Waals surface area contributed by atoms with E-state index >= 15 is 0 Å². The maximum Gasteiger partial charge on any atom is 0.270 e. The maximum atomic E-state index is 10.7. The summed E-state index contributed by atoms with van der Waals surface area (Å²) in [6.45, 7) is 0. The van der Waals surface area contributed by atoms with Crippen LogP contribution in [0.1, 0.15) is 25.1 Å². The second-order valence-electron chi connectivity index (χ2n) is 4.85. The number of nitro groups is 1. The summed E-state index contributed by atoms with van der Waals surface area (Å²) < 4.78 is 5.74. The smallest absolute Gasteiger partial charge is 0.270 e. The highest BCUT2D eigenvalue weighted by Crippen LogP contribution is 2.38. The first kappa shape index (κ1) is 13.2. The molecule has 2 N–H and O–H groups in total. The lowest BCUT2D eigenvalue weighted by Gasteiger charge is -2.34. The van der Waals surface area contributed by atoms with E-state index in [9.17, 15) is 10.1 Å². The fourth-order valence-electron chi connectivity index (χ4n) is 2.11. The highest BCUT2D eigenvalue weighted by Gasteiger charge is 2.39. The third-order valence-corrected chi connectivity index (χ3v) is 4.17. The lowest BCUT2D eigenvalue weighted by molar-refractivity contribution is -0.384. The second-order valence-corrected chi connectivity index (χ2v) is 5.71. The van der Waals surface area contributed by atoms with E-state index in [4.69, 9.17) is 10.3 Å². The van der Waals surface area contributed by atoms with Gasteiger partial charge in [0.05, 0.1) is 16.0 Å². The van der Waals surface area contributed by atoms with Gasteiger partial charge in [-0.25, -0.2) is 0 Å². The van der Waals surface area contributed by atoms with Gasteiger partial charge < -0.3 is 10.3 Å². The highest BCUT2D eigenvalue weighted by molar-refractivity contribution is 9.10. The molecule has 0 amide bonds. The van der Waals surface area contributed by atoms with E-state index in [-0.39, 0.29) is 5.69 Å². The monoisotopic (exact) mass is 338 g/mol. The molecule has 20 heavy (non-hydrogen) atoms. The summed E-state index contributed by atoms with van der Waals surface area (Å²) in [5.41, 5.74) is 6.24. The molecule has 0 radical (unpaired) electrons. The second kappa shape index (κ2) is 4.64. The standard InChI is InChI=1S/C12H11BrN4O3/c13-9-6-7(17(18)19)2-3-8(9)10-15-11(16-20-10)12(14)4-1-5-12/h2-3,6H,1,4-5,14H2. The first-order valence-corrected chi connectivity index (χ1v) is 6.86. The minimum Gasteiger partial charge on any atom is -0.334 e. The van der Waals surface area contributed by atoms with Crippen molar-refractivity contribution in [2.45, 2.75) is 24.8 Å². The Balaban J connectivity index is 1.95. The van der Waals surface area contributed by atoms with Crippen molar-refractivity contribution in [3.05, 3.63) is 38.6 Å². The summed E-state index contributed by atoms with van der Waals surface area (Å²) in [5, 5.41) is 14.6. The minimum absolute atomic E-state index is 0.00495. The van der Waals surface area contributed by atoms with Crippen molar-refractivity contribution in [2.24, 2.45) is 5.73 Å². The lowest BCUT2D eigenvalue weighted by Crippen LogP contribution is -2.44. The summed E-state index contributed by atoms with van der Waals surface area (Å²) in [7, 11) is 0. The zero-order chi connectivity index (χ0) is 14.3. The van der Waals surface area contributed by atoms with E-state index in [1.165, 1.54) is 12.1 Å². The Kier molecular flexibility index (Phi) is 3.06. The maximum absolute atomic E-state index is 10.7. The first-order valence-electron chi connectivity index (χ1n) is 6.07. The first-order chi connectivity index (χ1) is 9.49. The molecular formula is C12H11BrN4O3. The number of nitrogens with zero attached hydrogens (tertiary/aromatic N) is 3. The lowest BCUT2D eigenvalue weighted by atomic mass is 9.77. The highest BCUT2D eigenvalue weighted by atomic mass is 79.9. The van der Waals surface area contributed by atoms with Crippen molar-refractivity contribution in [2.75, 3.05) is 0 Å². The number of rotatable bonds is 3. The van der Waals surface area contributed by atoms with Gasteiger partial charge in [0.1, 0.15) is 0 Å². The van der Waals surface area contributed by atoms with Crippen LogP contribution in [0.15, 0.2) is 27.2 Å². The van der Waals surface area contributed by atoms with Gasteiger partial charge in [-0.05, 0) is 41.3 Å². The molecular weight excluding hydrogens is 328 g/mol. The largest absolute Gasteiger partial charge is 0.334 e. The number of hydrogen-bond acceptors (Lipinski definition) is 6. The van der Waals surface area contributed by atoms with Crippen LogP contribution < -0.4 is 5.73 Å². The van der Waals surface area contributed by atoms with Crippen molar-refractivity contribution >= 4 is 21.6 Å². The third kappa shape index (κ3) is 2.10. The van der Waals surface area contributed by atoms with Crippen LogP contribution in [0.3, 0.4) is 0 Å². The van der Waals surface area contributed by atoms with Crippen LogP contribution in [-0.4, -0.2) is 15.1 Å². The molecule has 1 aliphatic carbocycles. The number of halogens is 1. The Morgan fingerprint density at radius 1 is 1.45 bits per heavy atom. The van der Waals surface area contributed by atoms with Crippen LogP contribution in [0.25, 0.3) is 11.5 Å². The van der Waals surface area contributed by atoms with E-state index in [2.05, 4.69) is 26.1 Å². The van der Waals surface area contributed by atoms with Gasteiger partial charge in [-0.3, -0.25) is 10.1 Å². The molecule has 8 heteroatoms. The molecule has 104 valence electrons. The average Bonchev–Trinajstić information content (AvgIpc) is 2.85. The van der Waals surface area contributed by atoms with Crippen LogP contribution in [0, 0.1) is 10.1 Å². The Bertz CT molecular complexity index is 681. The Labute approximate surface area is 122 Å². The molecule has 7 nitrogen and oxygen atoms in total. The predicted molar refractivity (Wildman–Crippen MR) is 73.8 cm³/mol. The molecule has 0 unspecified atom stereocenters. The zero-order valence-corrected chi connectivity index (χ0v) is 12.0. The van der Waals surface area contributed by atoms with Crippen LogP contribution >= 0.6 is 15.9 Å². The molecule has 0 bridgehead atoms. The van der Waals surface area contributed by atoms with Crippen molar-refractivity contribution in [3.63, 3.8) is 0 Å². The minimum atomic E-state index is -0.491. The van der Waals surface area contributed by atoms with Gasteiger partial charge in [-0.15, -0.1) is 0 Å². The molecule has 3 rings (SSSR count). The molecule has 1 saturated carbocycles. The SMILES string of the molecule is NC1(c2noc(-c3ccc([N+](=O)[O-])cc3Br)n2)CCC1. The van der Waals surface area contributed by atoms with Crippen LogP contribution in [0.5, 0.6) is 0 Å². The quantitative estimate of drug-likeness (QED) is 0.680. The van der Waals surface area contributed by atoms with Gasteiger partial charge in [0.25, 0.3) is 11.6 Å². The van der Waals surface area contributed by atoms with Crippen LogP contribution in [-0.2, 0) is 5.54 Å². The third-order valence-electron chi connectivity index (χ3n) is 3.51. The Hall–Kier alpha value is -1.80. The normalized spacial score (nSPS) is 16.7. The summed E-state index contributed by atoms with van der Waals surface area (Å²) in [5.74, 6) is 0.794. The summed E-state index contributed by atoms with van der Waals surface area (Å²) in [6, 6.07) is 4.37. The number of benzene rings is 1. The molecule has 1 fully saturated rings. The van der Waals surface area contributed by atoms with Crippen molar-refractivity contribution in [1.29, 1.82) is 0 Å². The topological polar surface area (TPSA) is 108 Å². The average molecular weight is 339 g/mol. The molecule has 0 spiro atoms. The number of hydrogen-bond donors (Lipinski definition) is 1. The predicted octanol–water partition coefficient (Wildman–Crippen LogP) is 2.75. The number of nitrogens with two attached hydrogens (primary N) is 1. The summed E-state index contributed by atoms with van der Waals surface area (Å²) in [4.78, 5) is 14.5. The zero-order valence-electron chi connectivity index (χ0n) is 10.4.